The van der Waals surface area contributed by atoms with Crippen LogP contribution < -0.4 is 5.84 Å². The lowest BCUT2D eigenvalue weighted by atomic mass is 10.0. The summed E-state index contributed by atoms with van der Waals surface area (Å²) in [5.74, 6) is 3.33. The van der Waals surface area contributed by atoms with Crippen LogP contribution in [0.2, 0.25) is 0 Å². The minimum Gasteiger partial charge on any atom is -0.477 e. The molecule has 0 aliphatic carbocycles. The molecule has 144 valence electrons. The summed E-state index contributed by atoms with van der Waals surface area (Å²) in [6.07, 6.45) is 0.0780. The first kappa shape index (κ1) is 19.4. The van der Waals surface area contributed by atoms with E-state index in [1.54, 1.807) is 6.07 Å². The highest BCUT2D eigenvalue weighted by Crippen LogP contribution is 2.42. The molecule has 1 saturated heterocycles. The first-order chi connectivity index (χ1) is 12.8. The molecule has 0 spiro atoms. The molecule has 1 aromatic rings. The van der Waals surface area contributed by atoms with Crippen molar-refractivity contribution < 1.29 is 29.0 Å². The van der Waals surface area contributed by atoms with Crippen LogP contribution in [0.4, 0.5) is 0 Å². The quantitative estimate of drug-likeness (QED) is 0.223. The number of thioether (sulfide) groups is 1. The van der Waals surface area contributed by atoms with Crippen molar-refractivity contribution in [2.24, 2.45) is 5.84 Å². The number of carboxylic acid groups (broad SMARTS) is 1. The topological polar surface area (TPSA) is 130 Å². The molecule has 9 nitrogen and oxygen atoms in total. The van der Waals surface area contributed by atoms with Gasteiger partial charge in [0, 0.05) is 23.1 Å². The number of carbonyl (C=O) groups is 4. The lowest BCUT2D eigenvalue weighted by Crippen LogP contribution is -2.73. The molecule has 0 bridgehead atoms. The highest BCUT2D eigenvalue weighted by Gasteiger charge is 2.56. The molecule has 0 saturated carbocycles. The Morgan fingerprint density at radius 1 is 1.44 bits per heavy atom. The van der Waals surface area contributed by atoms with Crippen LogP contribution in [0.5, 0.6) is 0 Å². The Bertz CT molecular complexity index is 822. The summed E-state index contributed by atoms with van der Waals surface area (Å²) < 4.78 is 4.88. The molecule has 2 aliphatic heterocycles. The van der Waals surface area contributed by atoms with E-state index in [-0.39, 0.29) is 24.5 Å². The Kier molecular flexibility index (Phi) is 5.53. The van der Waals surface area contributed by atoms with E-state index in [4.69, 9.17) is 10.6 Å². The van der Waals surface area contributed by atoms with Crippen LogP contribution in [-0.4, -0.2) is 62.5 Å². The Hall–Kier alpha value is -2.37. The normalized spacial score (nSPS) is 21.4. The fourth-order valence-electron chi connectivity index (χ4n) is 2.89. The SMILES string of the molecule is CC(=O)OCC1=C(C(=O)O)N2C(=O)C(N(N)C(=O)Cc3cccs3)[C@@H]2SC1. The molecule has 0 aromatic carbocycles. The third-order valence-corrected chi connectivity index (χ3v) is 6.37. The average molecular weight is 411 g/mol. The smallest absolute Gasteiger partial charge is 0.352 e. The molecule has 1 aromatic heterocycles. The van der Waals surface area contributed by atoms with Crippen molar-refractivity contribution in [3.63, 3.8) is 0 Å². The monoisotopic (exact) mass is 411 g/mol. The maximum absolute atomic E-state index is 12.6. The lowest BCUT2D eigenvalue weighted by molar-refractivity contribution is -0.160. The number of esters is 1. The fraction of sp³-hybridized carbons (Fsp3) is 0.375. The highest BCUT2D eigenvalue weighted by molar-refractivity contribution is 8.00. The summed E-state index contributed by atoms with van der Waals surface area (Å²) in [6.45, 7) is 1.02. The van der Waals surface area contributed by atoms with Crippen LogP contribution >= 0.6 is 23.1 Å². The summed E-state index contributed by atoms with van der Waals surface area (Å²) in [5, 5.41) is 11.7. The Morgan fingerprint density at radius 2 is 2.19 bits per heavy atom. The van der Waals surface area contributed by atoms with Gasteiger partial charge in [-0.1, -0.05) is 6.07 Å². The number of amides is 2. The number of rotatable bonds is 6. The van der Waals surface area contributed by atoms with Gasteiger partial charge in [-0.3, -0.25) is 24.3 Å². The number of ether oxygens (including phenoxy) is 1. The summed E-state index contributed by atoms with van der Waals surface area (Å²) in [5.41, 5.74) is 0.125. The van der Waals surface area contributed by atoms with Gasteiger partial charge in [-0.15, -0.1) is 23.1 Å². The van der Waals surface area contributed by atoms with Gasteiger partial charge < -0.3 is 9.84 Å². The molecular formula is C16H17N3O6S2. The Balaban J connectivity index is 1.75. The van der Waals surface area contributed by atoms with Gasteiger partial charge in [0.15, 0.2) is 6.04 Å². The zero-order valence-corrected chi connectivity index (χ0v) is 15.9. The molecule has 3 heterocycles. The van der Waals surface area contributed by atoms with Crippen molar-refractivity contribution in [1.29, 1.82) is 0 Å². The molecule has 27 heavy (non-hydrogen) atoms. The predicted octanol–water partition coefficient (Wildman–Crippen LogP) is 0.178. The summed E-state index contributed by atoms with van der Waals surface area (Å²) in [6, 6.07) is 2.69. The summed E-state index contributed by atoms with van der Waals surface area (Å²) in [7, 11) is 0. The van der Waals surface area contributed by atoms with Crippen molar-refractivity contribution in [2.75, 3.05) is 12.4 Å². The van der Waals surface area contributed by atoms with Gasteiger partial charge >= 0.3 is 11.9 Å². The Morgan fingerprint density at radius 3 is 2.78 bits per heavy atom. The number of carboxylic acids is 1. The van der Waals surface area contributed by atoms with Gasteiger partial charge in [0.2, 0.25) is 5.91 Å². The van der Waals surface area contributed by atoms with Gasteiger partial charge in [-0.25, -0.2) is 10.6 Å². The van der Waals surface area contributed by atoms with E-state index < -0.39 is 35.2 Å². The Labute approximate surface area is 162 Å². The zero-order chi connectivity index (χ0) is 19.7. The van der Waals surface area contributed by atoms with Gasteiger partial charge in [-0.05, 0) is 11.4 Å². The van der Waals surface area contributed by atoms with Gasteiger partial charge in [0.25, 0.3) is 5.91 Å². The minimum atomic E-state index is -1.29. The number of nitrogens with zero attached hydrogens (tertiary/aromatic N) is 2. The number of hydrogen-bond acceptors (Lipinski definition) is 8. The van der Waals surface area contributed by atoms with Crippen LogP contribution in [-0.2, 0) is 30.3 Å². The lowest BCUT2D eigenvalue weighted by Gasteiger charge is -2.51. The van der Waals surface area contributed by atoms with Crippen molar-refractivity contribution in [3.8, 4) is 0 Å². The molecule has 3 N–H and O–H groups in total. The third kappa shape index (κ3) is 3.70. The third-order valence-electron chi connectivity index (χ3n) is 4.16. The number of β-lactam (4-membered cyclic amide) rings is 1. The molecule has 1 unspecified atom stereocenters. The van der Waals surface area contributed by atoms with Gasteiger partial charge in [0.05, 0.1) is 6.42 Å². The average Bonchev–Trinajstić information content (AvgIpc) is 3.11. The van der Waals surface area contributed by atoms with E-state index in [9.17, 15) is 24.3 Å². The second kappa shape index (κ2) is 7.71. The second-order valence-corrected chi connectivity index (χ2v) is 8.09. The molecular weight excluding hydrogens is 394 g/mol. The number of aliphatic carboxylic acids is 1. The van der Waals surface area contributed by atoms with Crippen molar-refractivity contribution in [3.05, 3.63) is 33.7 Å². The standard InChI is InChI=1S/C16H17N3O6S2/c1-8(20)25-6-9-7-27-15-13(14(22)18(15)12(9)16(23)24)19(17)11(21)5-10-3-2-4-26-10/h2-4,13,15H,5-7,17H2,1H3,(H,23,24)/t13?,15-/m0/s1. The first-order valence-electron chi connectivity index (χ1n) is 7.93. The van der Waals surface area contributed by atoms with Crippen molar-refractivity contribution >= 4 is 46.9 Å². The molecule has 11 heteroatoms. The maximum atomic E-state index is 12.6. The molecule has 2 atom stereocenters. The summed E-state index contributed by atoms with van der Waals surface area (Å²) >= 11 is 2.69. The first-order valence-corrected chi connectivity index (χ1v) is 9.86. The number of nitrogens with two attached hydrogens (primary N) is 1. The van der Waals surface area contributed by atoms with E-state index in [0.717, 1.165) is 14.8 Å². The number of hydrogen-bond donors (Lipinski definition) is 2. The van der Waals surface area contributed by atoms with Crippen LogP contribution in [0.25, 0.3) is 0 Å². The zero-order valence-electron chi connectivity index (χ0n) is 14.3. The van der Waals surface area contributed by atoms with E-state index >= 15 is 0 Å². The second-order valence-electron chi connectivity index (χ2n) is 5.95. The number of thiophene rings is 1. The minimum absolute atomic E-state index is 0.0780. The van der Waals surface area contributed by atoms with Crippen LogP contribution in [0, 0.1) is 0 Å². The van der Waals surface area contributed by atoms with E-state index in [1.165, 1.54) is 30.0 Å². The molecule has 2 amide bonds. The number of fused-ring (bicyclic) bond motifs is 1. The molecule has 0 radical (unpaired) electrons. The number of hydrazine groups is 1. The van der Waals surface area contributed by atoms with Crippen LogP contribution in [0.1, 0.15) is 11.8 Å². The van der Waals surface area contributed by atoms with Crippen LogP contribution in [0.15, 0.2) is 28.8 Å². The van der Waals surface area contributed by atoms with Gasteiger partial charge in [0.1, 0.15) is 17.7 Å². The maximum Gasteiger partial charge on any atom is 0.352 e. The molecule has 1 fully saturated rings. The highest BCUT2D eigenvalue weighted by atomic mass is 32.2. The van der Waals surface area contributed by atoms with E-state index in [1.807, 2.05) is 11.4 Å². The largest absolute Gasteiger partial charge is 0.477 e. The van der Waals surface area contributed by atoms with E-state index in [2.05, 4.69) is 0 Å². The van der Waals surface area contributed by atoms with Crippen molar-refractivity contribution in [2.45, 2.75) is 24.8 Å². The van der Waals surface area contributed by atoms with E-state index in [0.29, 0.717) is 5.57 Å². The van der Waals surface area contributed by atoms with Crippen molar-refractivity contribution in [1.82, 2.24) is 9.91 Å². The predicted molar refractivity (Wildman–Crippen MR) is 97.2 cm³/mol. The van der Waals surface area contributed by atoms with Gasteiger partial charge in [-0.2, -0.15) is 0 Å². The molecule has 2 aliphatic rings. The van der Waals surface area contributed by atoms with Crippen LogP contribution in [0.3, 0.4) is 0 Å². The molecule has 3 rings (SSSR count). The summed E-state index contributed by atoms with van der Waals surface area (Å²) in [4.78, 5) is 49.5. The number of carbonyl (C=O) groups excluding carboxylic acids is 3. The fourth-order valence-corrected chi connectivity index (χ4v) is 4.97.